The number of carbonyl (C=O) groups is 1. The van der Waals surface area contributed by atoms with Crippen LogP contribution >= 0.6 is 11.3 Å². The topological polar surface area (TPSA) is 62.5 Å². The third-order valence-corrected chi connectivity index (χ3v) is 5.48. The standard InChI is InChI=1S/C19H26N4OS/c1-13(2)11-23-10-4-5-17(23)18(24)22(3)19-21-16(12-25-19)14-6-8-15(20)9-7-14/h6-9,12-13,17H,4-5,10-11,20H2,1-3H3/t17-/m0/s1. The van der Waals surface area contributed by atoms with Crippen molar-refractivity contribution in [3.05, 3.63) is 29.6 Å². The number of thiazole rings is 1. The molecular formula is C19H26N4OS. The Kier molecular flexibility index (Phi) is 5.39. The molecule has 3 rings (SSSR count). The van der Waals surface area contributed by atoms with Gasteiger partial charge in [0.05, 0.1) is 11.7 Å². The molecule has 1 aromatic carbocycles. The predicted molar refractivity (Wildman–Crippen MR) is 105 cm³/mol. The van der Waals surface area contributed by atoms with Crippen LogP contribution in [0.2, 0.25) is 0 Å². The van der Waals surface area contributed by atoms with Crippen molar-refractivity contribution in [3.8, 4) is 11.3 Å². The van der Waals surface area contributed by atoms with E-state index < -0.39 is 0 Å². The van der Waals surface area contributed by atoms with Gasteiger partial charge in [0.2, 0.25) is 5.91 Å². The SMILES string of the molecule is CC(C)CN1CCC[C@H]1C(=O)N(C)c1nc(-c2ccc(N)cc2)cs1. The molecule has 1 fully saturated rings. The molecule has 1 aliphatic rings. The maximum atomic E-state index is 13.0. The molecule has 1 amide bonds. The third-order valence-electron chi connectivity index (χ3n) is 4.56. The molecular weight excluding hydrogens is 332 g/mol. The van der Waals surface area contributed by atoms with Crippen LogP contribution < -0.4 is 10.6 Å². The number of nitrogens with zero attached hydrogens (tertiary/aromatic N) is 3. The van der Waals surface area contributed by atoms with E-state index >= 15 is 0 Å². The Morgan fingerprint density at radius 1 is 1.40 bits per heavy atom. The van der Waals surface area contributed by atoms with E-state index in [1.54, 1.807) is 4.90 Å². The van der Waals surface area contributed by atoms with Crippen molar-refractivity contribution in [2.75, 3.05) is 30.8 Å². The number of hydrogen-bond donors (Lipinski definition) is 1. The molecule has 0 radical (unpaired) electrons. The summed E-state index contributed by atoms with van der Waals surface area (Å²) >= 11 is 1.50. The van der Waals surface area contributed by atoms with Gasteiger partial charge in [-0.2, -0.15) is 0 Å². The van der Waals surface area contributed by atoms with E-state index in [-0.39, 0.29) is 11.9 Å². The van der Waals surface area contributed by atoms with Crippen molar-refractivity contribution in [2.45, 2.75) is 32.7 Å². The number of amides is 1. The lowest BCUT2D eigenvalue weighted by Crippen LogP contribution is -2.45. The first-order valence-corrected chi connectivity index (χ1v) is 9.66. The fraction of sp³-hybridized carbons (Fsp3) is 0.474. The summed E-state index contributed by atoms with van der Waals surface area (Å²) in [6, 6.07) is 7.63. The van der Waals surface area contributed by atoms with Gasteiger partial charge in [-0.25, -0.2) is 4.98 Å². The van der Waals surface area contributed by atoms with Gasteiger partial charge in [0, 0.05) is 30.2 Å². The van der Waals surface area contributed by atoms with Crippen LogP contribution in [-0.2, 0) is 4.79 Å². The number of rotatable bonds is 5. The first-order chi connectivity index (χ1) is 12.0. The Morgan fingerprint density at radius 2 is 2.12 bits per heavy atom. The molecule has 5 nitrogen and oxygen atoms in total. The van der Waals surface area contributed by atoms with Crippen LogP contribution in [0.4, 0.5) is 10.8 Å². The van der Waals surface area contributed by atoms with E-state index in [0.29, 0.717) is 5.92 Å². The third kappa shape index (κ3) is 4.02. The largest absolute Gasteiger partial charge is 0.399 e. The number of benzene rings is 1. The number of nitrogen functional groups attached to an aromatic ring is 1. The number of likely N-dealkylation sites (tertiary alicyclic amines) is 1. The molecule has 2 aromatic rings. The van der Waals surface area contributed by atoms with Crippen molar-refractivity contribution in [1.29, 1.82) is 0 Å². The van der Waals surface area contributed by atoms with E-state index in [1.807, 2.05) is 36.7 Å². The number of aromatic nitrogens is 1. The minimum atomic E-state index is -0.0173. The van der Waals surface area contributed by atoms with Crippen molar-refractivity contribution < 1.29 is 4.79 Å². The van der Waals surface area contributed by atoms with Crippen molar-refractivity contribution >= 4 is 28.1 Å². The van der Waals surface area contributed by atoms with Gasteiger partial charge in [0.15, 0.2) is 5.13 Å². The van der Waals surface area contributed by atoms with E-state index in [0.717, 1.165) is 48.0 Å². The zero-order valence-electron chi connectivity index (χ0n) is 15.1. The lowest BCUT2D eigenvalue weighted by atomic mass is 10.1. The Morgan fingerprint density at radius 3 is 2.80 bits per heavy atom. The molecule has 1 saturated heterocycles. The minimum Gasteiger partial charge on any atom is -0.399 e. The zero-order chi connectivity index (χ0) is 18.0. The van der Waals surface area contributed by atoms with Crippen LogP contribution in [0.5, 0.6) is 0 Å². The lowest BCUT2D eigenvalue weighted by molar-refractivity contribution is -0.122. The second kappa shape index (κ2) is 7.54. The highest BCUT2D eigenvalue weighted by atomic mass is 32.1. The Labute approximate surface area is 153 Å². The Bertz CT molecular complexity index is 725. The molecule has 0 spiro atoms. The highest BCUT2D eigenvalue weighted by Gasteiger charge is 2.33. The summed E-state index contributed by atoms with van der Waals surface area (Å²) in [5.41, 5.74) is 8.37. The van der Waals surface area contributed by atoms with Gasteiger partial charge >= 0.3 is 0 Å². The molecule has 0 bridgehead atoms. The quantitative estimate of drug-likeness (QED) is 0.831. The van der Waals surface area contributed by atoms with Crippen LogP contribution in [-0.4, -0.2) is 42.0 Å². The Balaban J connectivity index is 1.73. The molecule has 1 aliphatic heterocycles. The lowest BCUT2D eigenvalue weighted by Gasteiger charge is -2.28. The van der Waals surface area contributed by atoms with Gasteiger partial charge in [-0.15, -0.1) is 11.3 Å². The van der Waals surface area contributed by atoms with Gasteiger partial charge in [-0.05, 0) is 37.4 Å². The fourth-order valence-corrected chi connectivity index (χ4v) is 4.12. The molecule has 1 atom stereocenters. The summed E-state index contributed by atoms with van der Waals surface area (Å²) in [6.07, 6.45) is 2.03. The molecule has 0 aliphatic carbocycles. The molecule has 0 unspecified atom stereocenters. The average molecular weight is 359 g/mol. The van der Waals surface area contributed by atoms with Crippen LogP contribution in [0.1, 0.15) is 26.7 Å². The molecule has 2 heterocycles. The number of anilines is 2. The number of carbonyl (C=O) groups excluding carboxylic acids is 1. The van der Waals surface area contributed by atoms with Crippen molar-refractivity contribution in [2.24, 2.45) is 5.92 Å². The van der Waals surface area contributed by atoms with E-state index in [1.165, 1.54) is 11.3 Å². The second-order valence-electron chi connectivity index (χ2n) is 7.08. The highest BCUT2D eigenvalue weighted by molar-refractivity contribution is 7.14. The van der Waals surface area contributed by atoms with E-state index in [2.05, 4.69) is 23.7 Å². The van der Waals surface area contributed by atoms with Gasteiger partial charge in [-0.1, -0.05) is 26.0 Å². The molecule has 2 N–H and O–H groups in total. The minimum absolute atomic E-state index is 0.0173. The van der Waals surface area contributed by atoms with Crippen LogP contribution in [0.15, 0.2) is 29.6 Å². The normalized spacial score (nSPS) is 18.0. The fourth-order valence-electron chi connectivity index (χ4n) is 3.32. The summed E-state index contributed by atoms with van der Waals surface area (Å²) in [7, 11) is 1.83. The Hall–Kier alpha value is -1.92. The van der Waals surface area contributed by atoms with Crippen molar-refractivity contribution in [3.63, 3.8) is 0 Å². The van der Waals surface area contributed by atoms with E-state index in [4.69, 9.17) is 5.73 Å². The van der Waals surface area contributed by atoms with Crippen molar-refractivity contribution in [1.82, 2.24) is 9.88 Å². The summed E-state index contributed by atoms with van der Waals surface area (Å²) < 4.78 is 0. The molecule has 6 heteroatoms. The summed E-state index contributed by atoms with van der Waals surface area (Å²) in [5, 5.41) is 2.73. The maximum Gasteiger partial charge on any atom is 0.245 e. The van der Waals surface area contributed by atoms with Gasteiger partial charge in [0.1, 0.15) is 0 Å². The van der Waals surface area contributed by atoms with Crippen LogP contribution in [0, 0.1) is 5.92 Å². The highest BCUT2D eigenvalue weighted by Crippen LogP contribution is 2.29. The smallest absolute Gasteiger partial charge is 0.245 e. The monoisotopic (exact) mass is 358 g/mol. The first kappa shape index (κ1) is 17.9. The summed E-state index contributed by atoms with van der Waals surface area (Å²) in [6.45, 7) is 6.38. The summed E-state index contributed by atoms with van der Waals surface area (Å²) in [5.74, 6) is 0.715. The average Bonchev–Trinajstić information content (AvgIpc) is 3.23. The molecule has 1 aromatic heterocycles. The second-order valence-corrected chi connectivity index (χ2v) is 7.92. The van der Waals surface area contributed by atoms with E-state index in [9.17, 15) is 4.79 Å². The van der Waals surface area contributed by atoms with Gasteiger partial charge in [0.25, 0.3) is 0 Å². The first-order valence-electron chi connectivity index (χ1n) is 8.78. The number of likely N-dealkylation sites (N-methyl/N-ethyl adjacent to an activating group) is 1. The zero-order valence-corrected chi connectivity index (χ0v) is 15.9. The van der Waals surface area contributed by atoms with Crippen LogP contribution in [0.3, 0.4) is 0 Å². The molecule has 134 valence electrons. The predicted octanol–water partition coefficient (Wildman–Crippen LogP) is 3.48. The number of nitrogens with two attached hydrogens (primary N) is 1. The molecule has 25 heavy (non-hydrogen) atoms. The van der Waals surface area contributed by atoms with Crippen LogP contribution in [0.25, 0.3) is 11.3 Å². The number of hydrogen-bond acceptors (Lipinski definition) is 5. The van der Waals surface area contributed by atoms with Gasteiger partial charge < -0.3 is 5.73 Å². The molecule has 0 saturated carbocycles. The maximum absolute atomic E-state index is 13.0. The van der Waals surface area contributed by atoms with Gasteiger partial charge in [-0.3, -0.25) is 14.6 Å². The summed E-state index contributed by atoms with van der Waals surface area (Å²) in [4.78, 5) is 21.6.